The standard InChI is InChI=1S/C19H30N2O5/c1-2-3-4-5-6-7-8-9-15-10-12-16(13-11-15)26-19(25,18(23)24)21-17(22)14-20/h10-13,25H,2-9,14,20H2,1H3,(H,21,22)(H,23,24). The fourth-order valence-electron chi connectivity index (χ4n) is 2.54. The number of amides is 1. The molecule has 0 bridgehead atoms. The van der Waals surface area contributed by atoms with Crippen molar-refractivity contribution in [2.24, 2.45) is 5.73 Å². The molecule has 0 spiro atoms. The summed E-state index contributed by atoms with van der Waals surface area (Å²) >= 11 is 0. The summed E-state index contributed by atoms with van der Waals surface area (Å²) in [7, 11) is 0. The molecule has 1 aromatic rings. The van der Waals surface area contributed by atoms with Gasteiger partial charge in [-0.05, 0) is 30.5 Å². The second-order valence-corrected chi connectivity index (χ2v) is 6.32. The smallest absolute Gasteiger partial charge is 0.401 e. The van der Waals surface area contributed by atoms with E-state index >= 15 is 0 Å². The number of nitrogens with two attached hydrogens (primary N) is 1. The number of unbranched alkanes of at least 4 members (excludes halogenated alkanes) is 6. The lowest BCUT2D eigenvalue weighted by Gasteiger charge is -2.25. The number of hydrogen-bond donors (Lipinski definition) is 4. The van der Waals surface area contributed by atoms with Gasteiger partial charge in [-0.3, -0.25) is 10.1 Å². The van der Waals surface area contributed by atoms with Crippen LogP contribution >= 0.6 is 0 Å². The topological polar surface area (TPSA) is 122 Å². The van der Waals surface area contributed by atoms with Crippen LogP contribution in [0.25, 0.3) is 0 Å². The van der Waals surface area contributed by atoms with E-state index in [9.17, 15) is 14.7 Å². The number of aliphatic carboxylic acids is 1. The van der Waals surface area contributed by atoms with Crippen LogP contribution in [-0.4, -0.2) is 34.5 Å². The summed E-state index contributed by atoms with van der Waals surface area (Å²) in [5.41, 5.74) is 6.22. The average molecular weight is 366 g/mol. The van der Waals surface area contributed by atoms with Crippen LogP contribution < -0.4 is 15.8 Å². The number of carbonyl (C=O) groups excluding carboxylic acids is 1. The summed E-state index contributed by atoms with van der Waals surface area (Å²) in [6.07, 6.45) is 9.59. The highest BCUT2D eigenvalue weighted by Crippen LogP contribution is 2.18. The monoisotopic (exact) mass is 366 g/mol. The van der Waals surface area contributed by atoms with E-state index < -0.39 is 24.3 Å². The van der Waals surface area contributed by atoms with E-state index in [1.54, 1.807) is 12.1 Å². The van der Waals surface area contributed by atoms with E-state index in [1.807, 2.05) is 17.4 Å². The zero-order valence-electron chi connectivity index (χ0n) is 15.4. The van der Waals surface area contributed by atoms with Crippen molar-refractivity contribution in [3.8, 4) is 5.75 Å². The highest BCUT2D eigenvalue weighted by atomic mass is 16.7. The van der Waals surface area contributed by atoms with Crippen LogP contribution in [0, 0.1) is 0 Å². The predicted octanol–water partition coefficient (Wildman–Crippen LogP) is 2.16. The Kier molecular flexibility index (Phi) is 9.69. The predicted molar refractivity (Wildman–Crippen MR) is 98.5 cm³/mol. The summed E-state index contributed by atoms with van der Waals surface area (Å²) in [5.74, 6) is -5.29. The fourth-order valence-corrected chi connectivity index (χ4v) is 2.54. The molecule has 1 unspecified atom stereocenters. The first-order valence-corrected chi connectivity index (χ1v) is 9.16. The molecule has 1 aromatic carbocycles. The summed E-state index contributed by atoms with van der Waals surface area (Å²) in [6.45, 7) is 1.74. The summed E-state index contributed by atoms with van der Waals surface area (Å²) < 4.78 is 5.04. The van der Waals surface area contributed by atoms with E-state index in [1.165, 1.54) is 38.5 Å². The summed E-state index contributed by atoms with van der Waals surface area (Å²) in [4.78, 5) is 22.4. The van der Waals surface area contributed by atoms with Gasteiger partial charge in [-0.2, -0.15) is 0 Å². The van der Waals surface area contributed by atoms with Crippen LogP contribution in [0.15, 0.2) is 24.3 Å². The first kappa shape index (κ1) is 21.9. The Balaban J connectivity index is 2.47. The van der Waals surface area contributed by atoms with Crippen LogP contribution in [0.5, 0.6) is 5.75 Å². The first-order chi connectivity index (χ1) is 12.4. The van der Waals surface area contributed by atoms with E-state index in [4.69, 9.17) is 15.6 Å². The van der Waals surface area contributed by atoms with Crippen molar-refractivity contribution in [1.29, 1.82) is 0 Å². The number of aryl methyl sites for hydroxylation is 1. The van der Waals surface area contributed by atoms with E-state index in [0.29, 0.717) is 0 Å². The number of aliphatic hydroxyl groups is 1. The highest BCUT2D eigenvalue weighted by molar-refractivity contribution is 5.85. The van der Waals surface area contributed by atoms with Crippen LogP contribution in [0.1, 0.15) is 57.4 Å². The molecule has 5 N–H and O–H groups in total. The number of hydrogen-bond acceptors (Lipinski definition) is 5. The van der Waals surface area contributed by atoms with Gasteiger partial charge in [0.2, 0.25) is 5.91 Å². The molecule has 1 atom stereocenters. The minimum atomic E-state index is -2.85. The number of benzene rings is 1. The Morgan fingerprint density at radius 3 is 2.19 bits per heavy atom. The summed E-state index contributed by atoms with van der Waals surface area (Å²) in [6, 6.07) is 6.77. The van der Waals surface area contributed by atoms with Gasteiger partial charge < -0.3 is 20.7 Å². The SMILES string of the molecule is CCCCCCCCCc1ccc(OC(O)(NC(=O)CN)C(=O)O)cc1. The van der Waals surface area contributed by atoms with Gasteiger partial charge >= 0.3 is 11.9 Å². The third kappa shape index (κ3) is 7.84. The minimum absolute atomic E-state index is 0.135. The Morgan fingerprint density at radius 1 is 1.08 bits per heavy atom. The molecule has 0 radical (unpaired) electrons. The fraction of sp³-hybridized carbons (Fsp3) is 0.579. The Hall–Kier alpha value is -2.12. The van der Waals surface area contributed by atoms with E-state index in [2.05, 4.69) is 6.92 Å². The lowest BCUT2D eigenvalue weighted by atomic mass is 10.0. The minimum Gasteiger partial charge on any atom is -0.475 e. The number of carbonyl (C=O) groups is 2. The molecule has 7 nitrogen and oxygen atoms in total. The number of ether oxygens (including phenoxy) is 1. The first-order valence-electron chi connectivity index (χ1n) is 9.16. The average Bonchev–Trinajstić information content (AvgIpc) is 2.62. The maximum absolute atomic E-state index is 11.3. The van der Waals surface area contributed by atoms with Gasteiger partial charge in [0.15, 0.2) is 0 Å². The number of carboxylic acids is 1. The molecular weight excluding hydrogens is 336 g/mol. The molecular formula is C19H30N2O5. The van der Waals surface area contributed by atoms with Gasteiger partial charge in [-0.25, -0.2) is 4.79 Å². The normalized spacial score (nSPS) is 13.0. The molecule has 0 heterocycles. The third-order valence-electron chi connectivity index (χ3n) is 4.04. The van der Waals surface area contributed by atoms with Gasteiger partial charge in [-0.1, -0.05) is 57.6 Å². The second-order valence-electron chi connectivity index (χ2n) is 6.32. The Bertz CT molecular complexity index is 562. The molecule has 1 rings (SSSR count). The molecule has 26 heavy (non-hydrogen) atoms. The maximum atomic E-state index is 11.3. The lowest BCUT2D eigenvalue weighted by molar-refractivity contribution is -0.205. The zero-order valence-corrected chi connectivity index (χ0v) is 15.4. The molecule has 0 aliphatic rings. The molecule has 0 saturated carbocycles. The molecule has 146 valence electrons. The van der Waals surface area contributed by atoms with Crippen molar-refractivity contribution in [2.75, 3.05) is 6.54 Å². The number of rotatable bonds is 13. The Morgan fingerprint density at radius 2 is 1.65 bits per heavy atom. The molecule has 0 aromatic heterocycles. The van der Waals surface area contributed by atoms with E-state index in [-0.39, 0.29) is 5.75 Å². The van der Waals surface area contributed by atoms with Gasteiger partial charge in [0.25, 0.3) is 0 Å². The van der Waals surface area contributed by atoms with Crippen molar-refractivity contribution in [2.45, 2.75) is 64.2 Å². The third-order valence-corrected chi connectivity index (χ3v) is 4.04. The van der Waals surface area contributed by atoms with Crippen LogP contribution in [0.3, 0.4) is 0 Å². The zero-order chi connectivity index (χ0) is 19.4. The van der Waals surface area contributed by atoms with Gasteiger partial charge in [0, 0.05) is 0 Å². The number of nitrogens with one attached hydrogen (secondary N) is 1. The van der Waals surface area contributed by atoms with Crippen LogP contribution in [-0.2, 0) is 16.0 Å². The molecule has 0 aliphatic carbocycles. The maximum Gasteiger partial charge on any atom is 0.401 e. The van der Waals surface area contributed by atoms with Gasteiger partial charge in [-0.15, -0.1) is 0 Å². The lowest BCUT2D eigenvalue weighted by Crippen LogP contribution is -2.60. The van der Waals surface area contributed by atoms with Gasteiger partial charge in [0.05, 0.1) is 6.54 Å². The highest BCUT2D eigenvalue weighted by Gasteiger charge is 2.40. The van der Waals surface area contributed by atoms with Crippen molar-refractivity contribution < 1.29 is 24.5 Å². The molecule has 0 saturated heterocycles. The van der Waals surface area contributed by atoms with Crippen molar-refractivity contribution in [3.63, 3.8) is 0 Å². The van der Waals surface area contributed by atoms with E-state index in [0.717, 1.165) is 18.4 Å². The summed E-state index contributed by atoms with van der Waals surface area (Å²) in [5, 5.41) is 20.9. The van der Waals surface area contributed by atoms with Crippen LogP contribution in [0.4, 0.5) is 0 Å². The molecule has 7 heteroatoms. The molecule has 1 amide bonds. The van der Waals surface area contributed by atoms with Crippen LogP contribution in [0.2, 0.25) is 0 Å². The van der Waals surface area contributed by atoms with Gasteiger partial charge in [0.1, 0.15) is 5.75 Å². The quantitative estimate of drug-likeness (QED) is 0.313. The van der Waals surface area contributed by atoms with Crippen molar-refractivity contribution >= 4 is 11.9 Å². The molecule has 0 fully saturated rings. The number of carboxylic acid groups (broad SMARTS) is 1. The second kappa shape index (κ2) is 11.5. The van der Waals surface area contributed by atoms with Crippen molar-refractivity contribution in [3.05, 3.63) is 29.8 Å². The van der Waals surface area contributed by atoms with Crippen molar-refractivity contribution in [1.82, 2.24) is 5.32 Å². The Labute approximate surface area is 154 Å². The molecule has 0 aliphatic heterocycles. The largest absolute Gasteiger partial charge is 0.475 e.